The third kappa shape index (κ3) is 3.77. The molecule has 1 N–H and O–H groups in total. The summed E-state index contributed by atoms with van der Waals surface area (Å²) in [5.74, 6) is 0.0714. The fourth-order valence-electron chi connectivity index (χ4n) is 1.95. The van der Waals surface area contributed by atoms with E-state index in [1.54, 1.807) is 6.92 Å². The topological polar surface area (TPSA) is 38.3 Å². The molecule has 0 aliphatic heterocycles. The van der Waals surface area contributed by atoms with Gasteiger partial charge >= 0.3 is 0 Å². The van der Waals surface area contributed by atoms with Gasteiger partial charge in [0.2, 0.25) is 5.91 Å². The molecule has 0 aromatic rings. The van der Waals surface area contributed by atoms with Gasteiger partial charge in [-0.2, -0.15) is 0 Å². The predicted molar refractivity (Wildman–Crippen MR) is 51.5 cm³/mol. The fourth-order valence-corrected chi connectivity index (χ4v) is 1.95. The minimum absolute atomic E-state index is 0.0714. The van der Waals surface area contributed by atoms with Gasteiger partial charge in [0, 0.05) is 19.6 Å². The van der Waals surface area contributed by atoms with Crippen molar-refractivity contribution in [2.75, 3.05) is 6.61 Å². The van der Waals surface area contributed by atoms with Crippen molar-refractivity contribution in [2.24, 2.45) is 0 Å². The standard InChI is InChI=1S/C10H19NO2/c1-3-13-10-6-4-5-9(7-10)11-8(2)12/h9-10H,3-7H2,1-2H3,(H,11,12)/t9-,10-/m0/s1. The Morgan fingerprint density at radius 1 is 1.54 bits per heavy atom. The molecule has 0 bridgehead atoms. The molecule has 1 aliphatic carbocycles. The lowest BCUT2D eigenvalue weighted by atomic mass is 9.93. The number of ether oxygens (including phenoxy) is 1. The van der Waals surface area contributed by atoms with Crippen molar-refractivity contribution in [3.63, 3.8) is 0 Å². The van der Waals surface area contributed by atoms with Crippen LogP contribution in [-0.2, 0) is 9.53 Å². The second-order valence-electron chi connectivity index (χ2n) is 3.64. The van der Waals surface area contributed by atoms with Gasteiger partial charge in [-0.05, 0) is 32.6 Å². The van der Waals surface area contributed by atoms with Crippen molar-refractivity contribution in [3.8, 4) is 0 Å². The maximum Gasteiger partial charge on any atom is 0.217 e. The van der Waals surface area contributed by atoms with Crippen molar-refractivity contribution in [1.82, 2.24) is 5.32 Å². The van der Waals surface area contributed by atoms with Crippen LogP contribution in [0.15, 0.2) is 0 Å². The number of amides is 1. The Kier molecular flexibility index (Phi) is 4.22. The van der Waals surface area contributed by atoms with E-state index in [1.165, 1.54) is 0 Å². The van der Waals surface area contributed by atoms with Gasteiger partial charge in [-0.3, -0.25) is 4.79 Å². The van der Waals surface area contributed by atoms with Crippen molar-refractivity contribution in [3.05, 3.63) is 0 Å². The SMILES string of the molecule is CCO[C@H]1CCC[C@H](NC(C)=O)C1. The molecule has 0 aromatic heterocycles. The van der Waals surface area contributed by atoms with Crippen molar-refractivity contribution in [2.45, 2.75) is 51.7 Å². The van der Waals surface area contributed by atoms with Crippen LogP contribution in [0.25, 0.3) is 0 Å². The Bertz CT molecular complexity index is 168. The number of hydrogen-bond acceptors (Lipinski definition) is 2. The molecule has 13 heavy (non-hydrogen) atoms. The summed E-state index contributed by atoms with van der Waals surface area (Å²) in [6.07, 6.45) is 4.74. The first kappa shape index (κ1) is 10.5. The van der Waals surface area contributed by atoms with Gasteiger partial charge in [0.25, 0.3) is 0 Å². The molecular weight excluding hydrogens is 166 g/mol. The molecule has 0 heterocycles. The number of carbonyl (C=O) groups excluding carboxylic acids is 1. The summed E-state index contributed by atoms with van der Waals surface area (Å²) in [6.45, 7) is 4.36. The van der Waals surface area contributed by atoms with Crippen LogP contribution in [0.4, 0.5) is 0 Å². The lowest BCUT2D eigenvalue weighted by molar-refractivity contribution is -0.120. The molecular formula is C10H19NO2. The highest BCUT2D eigenvalue weighted by Crippen LogP contribution is 2.20. The maximum atomic E-state index is 10.8. The third-order valence-electron chi connectivity index (χ3n) is 2.44. The second kappa shape index (κ2) is 5.22. The Morgan fingerprint density at radius 3 is 2.92 bits per heavy atom. The van der Waals surface area contributed by atoms with Gasteiger partial charge in [0.1, 0.15) is 0 Å². The molecule has 76 valence electrons. The molecule has 1 rings (SSSR count). The number of hydrogen-bond donors (Lipinski definition) is 1. The average Bonchev–Trinajstić information content (AvgIpc) is 2.04. The number of rotatable bonds is 3. The normalized spacial score (nSPS) is 28.5. The van der Waals surface area contributed by atoms with Crippen LogP contribution in [0.5, 0.6) is 0 Å². The molecule has 0 saturated heterocycles. The summed E-state index contributed by atoms with van der Waals surface area (Å²) in [5.41, 5.74) is 0. The summed E-state index contributed by atoms with van der Waals surface area (Å²) < 4.78 is 5.54. The van der Waals surface area contributed by atoms with Crippen molar-refractivity contribution >= 4 is 5.91 Å². The smallest absolute Gasteiger partial charge is 0.217 e. The van der Waals surface area contributed by atoms with Gasteiger partial charge in [-0.1, -0.05) is 0 Å². The first-order valence-corrected chi connectivity index (χ1v) is 5.11. The lowest BCUT2D eigenvalue weighted by Crippen LogP contribution is -2.39. The Hall–Kier alpha value is -0.570. The van der Waals surface area contributed by atoms with E-state index in [-0.39, 0.29) is 5.91 Å². The Labute approximate surface area is 79.8 Å². The predicted octanol–water partition coefficient (Wildman–Crippen LogP) is 1.47. The quantitative estimate of drug-likeness (QED) is 0.723. The number of nitrogens with one attached hydrogen (secondary N) is 1. The van der Waals surface area contributed by atoms with Crippen molar-refractivity contribution < 1.29 is 9.53 Å². The molecule has 0 unspecified atom stereocenters. The lowest BCUT2D eigenvalue weighted by Gasteiger charge is -2.29. The highest BCUT2D eigenvalue weighted by Gasteiger charge is 2.22. The first-order valence-electron chi connectivity index (χ1n) is 5.11. The van der Waals surface area contributed by atoms with Gasteiger partial charge in [-0.15, -0.1) is 0 Å². The zero-order chi connectivity index (χ0) is 9.68. The monoisotopic (exact) mass is 185 g/mol. The summed E-state index contributed by atoms with van der Waals surface area (Å²) >= 11 is 0. The zero-order valence-electron chi connectivity index (χ0n) is 8.51. The minimum Gasteiger partial charge on any atom is -0.378 e. The van der Waals surface area contributed by atoms with E-state index in [0.717, 1.165) is 32.3 Å². The van der Waals surface area contributed by atoms with Crippen LogP contribution < -0.4 is 5.32 Å². The first-order chi connectivity index (χ1) is 6.22. The largest absolute Gasteiger partial charge is 0.378 e. The molecule has 2 atom stereocenters. The van der Waals surface area contributed by atoms with Crippen LogP contribution in [0.2, 0.25) is 0 Å². The number of carbonyl (C=O) groups is 1. The van der Waals surface area contributed by atoms with Crippen LogP contribution in [0, 0.1) is 0 Å². The van der Waals surface area contributed by atoms with Crippen LogP contribution in [0.3, 0.4) is 0 Å². The highest BCUT2D eigenvalue weighted by molar-refractivity contribution is 5.73. The van der Waals surface area contributed by atoms with Crippen molar-refractivity contribution in [1.29, 1.82) is 0 Å². The molecule has 1 aliphatic rings. The molecule has 0 aromatic carbocycles. The Morgan fingerprint density at radius 2 is 2.31 bits per heavy atom. The van der Waals surface area contributed by atoms with E-state index in [1.807, 2.05) is 6.92 Å². The molecule has 3 nitrogen and oxygen atoms in total. The molecule has 3 heteroatoms. The maximum absolute atomic E-state index is 10.8. The van der Waals surface area contributed by atoms with E-state index in [2.05, 4.69) is 5.32 Å². The zero-order valence-corrected chi connectivity index (χ0v) is 8.51. The van der Waals surface area contributed by atoms with Gasteiger partial charge < -0.3 is 10.1 Å². The van der Waals surface area contributed by atoms with Crippen LogP contribution >= 0.6 is 0 Å². The van der Waals surface area contributed by atoms with E-state index in [4.69, 9.17) is 4.74 Å². The van der Waals surface area contributed by atoms with Gasteiger partial charge in [-0.25, -0.2) is 0 Å². The van der Waals surface area contributed by atoms with Gasteiger partial charge in [0.15, 0.2) is 0 Å². The summed E-state index contributed by atoms with van der Waals surface area (Å²) in [4.78, 5) is 10.8. The van der Waals surface area contributed by atoms with E-state index >= 15 is 0 Å². The highest BCUT2D eigenvalue weighted by atomic mass is 16.5. The molecule has 0 spiro atoms. The minimum atomic E-state index is 0.0714. The molecule has 1 fully saturated rings. The molecule has 0 radical (unpaired) electrons. The average molecular weight is 185 g/mol. The van der Waals surface area contributed by atoms with E-state index < -0.39 is 0 Å². The van der Waals surface area contributed by atoms with Crippen LogP contribution in [0.1, 0.15) is 39.5 Å². The van der Waals surface area contributed by atoms with E-state index in [9.17, 15) is 4.79 Å². The summed E-state index contributed by atoms with van der Waals surface area (Å²) in [5, 5.41) is 2.95. The molecule has 1 saturated carbocycles. The van der Waals surface area contributed by atoms with Crippen LogP contribution in [-0.4, -0.2) is 24.7 Å². The van der Waals surface area contributed by atoms with Gasteiger partial charge in [0.05, 0.1) is 6.10 Å². The second-order valence-corrected chi connectivity index (χ2v) is 3.64. The Balaban J connectivity index is 2.28. The molecule has 1 amide bonds. The summed E-state index contributed by atoms with van der Waals surface area (Å²) in [7, 11) is 0. The fraction of sp³-hybridized carbons (Fsp3) is 0.900. The van der Waals surface area contributed by atoms with E-state index in [0.29, 0.717) is 12.1 Å². The summed E-state index contributed by atoms with van der Waals surface area (Å²) in [6, 6.07) is 0.336. The third-order valence-corrected chi connectivity index (χ3v) is 2.44.